The number of benzene rings is 1. The van der Waals surface area contributed by atoms with E-state index in [9.17, 15) is 0 Å². The standard InChI is InChI=1S/C15H22N4OS/c1-5-20-11-8-6-10(7-9-11)12(17-16)13-14(15(2,3)4)18-19-21-13/h6-9,12,17H,5,16H2,1-4H3. The van der Waals surface area contributed by atoms with Gasteiger partial charge in [0.15, 0.2) is 0 Å². The quantitative estimate of drug-likeness (QED) is 0.656. The van der Waals surface area contributed by atoms with E-state index < -0.39 is 0 Å². The van der Waals surface area contributed by atoms with Crippen LogP contribution in [-0.2, 0) is 5.41 Å². The fraction of sp³-hybridized carbons (Fsp3) is 0.467. The van der Waals surface area contributed by atoms with E-state index in [2.05, 4.69) is 35.8 Å². The van der Waals surface area contributed by atoms with Crippen molar-refractivity contribution < 1.29 is 4.74 Å². The third-order valence-corrected chi connectivity index (χ3v) is 3.97. The van der Waals surface area contributed by atoms with Crippen LogP contribution in [-0.4, -0.2) is 16.2 Å². The van der Waals surface area contributed by atoms with Crippen molar-refractivity contribution in [3.8, 4) is 5.75 Å². The zero-order chi connectivity index (χ0) is 15.5. The van der Waals surface area contributed by atoms with Crippen LogP contribution in [0, 0.1) is 0 Å². The normalized spacial score (nSPS) is 13.2. The van der Waals surface area contributed by atoms with E-state index >= 15 is 0 Å². The number of hydrogen-bond donors (Lipinski definition) is 2. The van der Waals surface area contributed by atoms with E-state index in [0.717, 1.165) is 21.9 Å². The summed E-state index contributed by atoms with van der Waals surface area (Å²) in [5, 5.41) is 4.28. The Balaban J connectivity index is 2.34. The molecule has 114 valence electrons. The third kappa shape index (κ3) is 3.58. The molecule has 0 aliphatic rings. The molecule has 0 aliphatic carbocycles. The molecule has 1 heterocycles. The molecule has 0 bridgehead atoms. The summed E-state index contributed by atoms with van der Waals surface area (Å²) in [5.74, 6) is 6.63. The van der Waals surface area contributed by atoms with Crippen molar-refractivity contribution in [1.29, 1.82) is 0 Å². The summed E-state index contributed by atoms with van der Waals surface area (Å²) < 4.78 is 9.57. The van der Waals surface area contributed by atoms with Gasteiger partial charge in [-0.25, -0.2) is 5.43 Å². The molecule has 2 aromatic rings. The summed E-state index contributed by atoms with van der Waals surface area (Å²) in [6, 6.07) is 7.82. The Morgan fingerprint density at radius 1 is 1.29 bits per heavy atom. The van der Waals surface area contributed by atoms with Gasteiger partial charge in [-0.15, -0.1) is 5.10 Å². The highest BCUT2D eigenvalue weighted by Gasteiger charge is 2.27. The molecule has 1 aromatic heterocycles. The second kappa shape index (κ2) is 6.51. The lowest BCUT2D eigenvalue weighted by atomic mass is 9.89. The van der Waals surface area contributed by atoms with Gasteiger partial charge in [-0.3, -0.25) is 5.84 Å². The minimum Gasteiger partial charge on any atom is -0.494 e. The van der Waals surface area contributed by atoms with E-state index in [4.69, 9.17) is 10.6 Å². The number of nitrogens with one attached hydrogen (secondary N) is 1. The molecule has 21 heavy (non-hydrogen) atoms. The Bertz CT molecular complexity index is 574. The Kier molecular flexibility index (Phi) is 4.92. The van der Waals surface area contributed by atoms with Crippen molar-refractivity contribution in [2.24, 2.45) is 5.84 Å². The number of nitrogens with two attached hydrogens (primary N) is 1. The zero-order valence-corrected chi connectivity index (χ0v) is 13.7. The van der Waals surface area contributed by atoms with Gasteiger partial charge in [0.2, 0.25) is 0 Å². The molecule has 3 N–H and O–H groups in total. The number of hydrazine groups is 1. The molecule has 0 aliphatic heterocycles. The van der Waals surface area contributed by atoms with Gasteiger partial charge in [0, 0.05) is 5.41 Å². The highest BCUT2D eigenvalue weighted by atomic mass is 32.1. The smallest absolute Gasteiger partial charge is 0.119 e. The third-order valence-electron chi connectivity index (χ3n) is 3.18. The highest BCUT2D eigenvalue weighted by molar-refractivity contribution is 7.05. The first-order valence-corrected chi connectivity index (χ1v) is 7.76. The van der Waals surface area contributed by atoms with Gasteiger partial charge in [-0.2, -0.15) is 0 Å². The molecule has 2 rings (SSSR count). The fourth-order valence-electron chi connectivity index (χ4n) is 2.15. The molecule has 0 saturated heterocycles. The molecular weight excluding hydrogens is 284 g/mol. The SMILES string of the molecule is CCOc1ccc(C(NN)c2snnc2C(C)(C)C)cc1. The highest BCUT2D eigenvalue weighted by Crippen LogP contribution is 2.33. The summed E-state index contributed by atoms with van der Waals surface area (Å²) in [6.07, 6.45) is 0. The Hall–Kier alpha value is -1.50. The van der Waals surface area contributed by atoms with Crippen molar-refractivity contribution in [3.05, 3.63) is 40.4 Å². The number of aromatic nitrogens is 2. The van der Waals surface area contributed by atoms with Crippen LogP contribution in [0.1, 0.15) is 49.9 Å². The maximum atomic E-state index is 5.77. The topological polar surface area (TPSA) is 73.1 Å². The van der Waals surface area contributed by atoms with Gasteiger partial charge in [0.05, 0.1) is 23.2 Å². The molecular formula is C15H22N4OS. The van der Waals surface area contributed by atoms with Crippen LogP contribution in [0.5, 0.6) is 5.75 Å². The maximum absolute atomic E-state index is 5.77. The lowest BCUT2D eigenvalue weighted by Gasteiger charge is -2.21. The largest absolute Gasteiger partial charge is 0.494 e. The molecule has 0 saturated carbocycles. The van der Waals surface area contributed by atoms with Crippen LogP contribution in [0.4, 0.5) is 0 Å². The molecule has 5 nitrogen and oxygen atoms in total. The summed E-state index contributed by atoms with van der Waals surface area (Å²) in [6.45, 7) is 9.00. The molecule has 0 fully saturated rings. The molecule has 0 spiro atoms. The van der Waals surface area contributed by atoms with Crippen molar-refractivity contribution in [1.82, 2.24) is 15.0 Å². The summed E-state index contributed by atoms with van der Waals surface area (Å²) >= 11 is 1.38. The van der Waals surface area contributed by atoms with Gasteiger partial charge < -0.3 is 4.74 Å². The molecule has 1 aromatic carbocycles. The molecule has 0 radical (unpaired) electrons. The lowest BCUT2D eigenvalue weighted by Crippen LogP contribution is -2.30. The number of nitrogens with zero attached hydrogens (tertiary/aromatic N) is 2. The Labute approximate surface area is 129 Å². The van der Waals surface area contributed by atoms with Gasteiger partial charge in [0.25, 0.3) is 0 Å². The molecule has 1 atom stereocenters. The first kappa shape index (κ1) is 15.9. The summed E-state index contributed by atoms with van der Waals surface area (Å²) in [7, 11) is 0. The van der Waals surface area contributed by atoms with Gasteiger partial charge in [0.1, 0.15) is 5.75 Å². The van der Waals surface area contributed by atoms with Crippen LogP contribution < -0.4 is 16.0 Å². The predicted octanol–water partition coefficient (Wildman–Crippen LogP) is 2.79. The van der Waals surface area contributed by atoms with E-state index in [1.807, 2.05) is 31.2 Å². The van der Waals surface area contributed by atoms with E-state index in [-0.39, 0.29) is 11.5 Å². The molecule has 6 heteroatoms. The van der Waals surface area contributed by atoms with Crippen LogP contribution >= 0.6 is 11.5 Å². The monoisotopic (exact) mass is 306 g/mol. The van der Waals surface area contributed by atoms with Crippen LogP contribution in [0.3, 0.4) is 0 Å². The minimum absolute atomic E-state index is 0.0668. The molecule has 1 unspecified atom stereocenters. The second-order valence-electron chi connectivity index (χ2n) is 5.84. The first-order chi connectivity index (χ1) is 9.97. The zero-order valence-electron chi connectivity index (χ0n) is 12.9. The van der Waals surface area contributed by atoms with Crippen LogP contribution in [0.25, 0.3) is 0 Å². The average Bonchev–Trinajstić information content (AvgIpc) is 2.91. The van der Waals surface area contributed by atoms with Crippen LogP contribution in [0.15, 0.2) is 24.3 Å². The van der Waals surface area contributed by atoms with Crippen LogP contribution in [0.2, 0.25) is 0 Å². The van der Waals surface area contributed by atoms with E-state index in [1.165, 1.54) is 11.5 Å². The molecule has 0 amide bonds. The fourth-order valence-corrected chi connectivity index (χ4v) is 3.11. The predicted molar refractivity (Wildman–Crippen MR) is 85.4 cm³/mol. The van der Waals surface area contributed by atoms with Crippen molar-refractivity contribution in [3.63, 3.8) is 0 Å². The minimum atomic E-state index is -0.116. The first-order valence-electron chi connectivity index (χ1n) is 6.99. The summed E-state index contributed by atoms with van der Waals surface area (Å²) in [5.41, 5.74) is 4.85. The van der Waals surface area contributed by atoms with Gasteiger partial charge in [-0.1, -0.05) is 37.4 Å². The van der Waals surface area contributed by atoms with E-state index in [0.29, 0.717) is 6.61 Å². The Morgan fingerprint density at radius 2 is 1.95 bits per heavy atom. The van der Waals surface area contributed by atoms with Crippen molar-refractivity contribution >= 4 is 11.5 Å². The summed E-state index contributed by atoms with van der Waals surface area (Å²) in [4.78, 5) is 1.05. The van der Waals surface area contributed by atoms with Gasteiger partial charge in [-0.05, 0) is 36.2 Å². The number of ether oxygens (including phenoxy) is 1. The second-order valence-corrected chi connectivity index (χ2v) is 6.62. The van der Waals surface area contributed by atoms with E-state index in [1.54, 1.807) is 0 Å². The maximum Gasteiger partial charge on any atom is 0.119 e. The lowest BCUT2D eigenvalue weighted by molar-refractivity contribution is 0.340. The number of hydrogen-bond acceptors (Lipinski definition) is 6. The number of rotatable bonds is 5. The Morgan fingerprint density at radius 3 is 2.48 bits per heavy atom. The van der Waals surface area contributed by atoms with Crippen molar-refractivity contribution in [2.75, 3.05) is 6.61 Å². The van der Waals surface area contributed by atoms with Crippen molar-refractivity contribution in [2.45, 2.75) is 39.2 Å². The van der Waals surface area contributed by atoms with Gasteiger partial charge >= 0.3 is 0 Å². The average molecular weight is 306 g/mol.